The number of fused-ring (bicyclic) bond motifs is 2. The molecule has 2 heterocycles. The fraction of sp³-hybridized carbons (Fsp3) is 0.0909. The number of ether oxygens (including phenoxy) is 1. The van der Waals surface area contributed by atoms with Crippen molar-refractivity contribution in [2.75, 3.05) is 0 Å². The zero-order valence-electron chi connectivity index (χ0n) is 27.3. The third-order valence-electron chi connectivity index (χ3n) is 9.57. The molecule has 1 aliphatic heterocycles. The highest BCUT2D eigenvalue weighted by molar-refractivity contribution is 5.86. The standard InChI is InChI=1S/C44H32N4O/c1-3-44(2)37-27-32(24-25-38(37)49-39-23-13-20-34(28-45)40(39)44)36-22-11-10-21-35(36)31-18-12-19-33(26-31)43-47-41(29-14-6-4-7-15-29)46-42(48-43)30-16-8-5-9-17-30/h4-27H,3H2,1-2H3. The van der Waals surface area contributed by atoms with Crippen molar-refractivity contribution < 1.29 is 4.74 Å². The van der Waals surface area contributed by atoms with Gasteiger partial charge in [-0.25, -0.2) is 15.0 Å². The molecular weight excluding hydrogens is 601 g/mol. The molecular formula is C44H32N4O. The smallest absolute Gasteiger partial charge is 0.164 e. The first kappa shape index (κ1) is 30.0. The predicted molar refractivity (Wildman–Crippen MR) is 195 cm³/mol. The maximum absolute atomic E-state index is 10.00. The van der Waals surface area contributed by atoms with Crippen LogP contribution in [0.1, 0.15) is 37.0 Å². The molecule has 5 heteroatoms. The van der Waals surface area contributed by atoms with Gasteiger partial charge in [-0.1, -0.05) is 129 Å². The highest BCUT2D eigenvalue weighted by Crippen LogP contribution is 2.52. The summed E-state index contributed by atoms with van der Waals surface area (Å²) in [5.41, 5.74) is 9.41. The molecule has 1 unspecified atom stereocenters. The summed E-state index contributed by atoms with van der Waals surface area (Å²) in [4.78, 5) is 14.8. The molecule has 1 atom stereocenters. The number of aromatic nitrogens is 3. The molecule has 8 rings (SSSR count). The Hall–Kier alpha value is -6.38. The summed E-state index contributed by atoms with van der Waals surface area (Å²) in [5.74, 6) is 3.46. The monoisotopic (exact) mass is 632 g/mol. The molecule has 1 aliphatic rings. The summed E-state index contributed by atoms with van der Waals surface area (Å²) >= 11 is 0. The minimum absolute atomic E-state index is 0.383. The molecule has 6 aromatic carbocycles. The van der Waals surface area contributed by atoms with E-state index in [1.807, 2.05) is 78.9 Å². The van der Waals surface area contributed by atoms with Crippen molar-refractivity contribution in [1.82, 2.24) is 15.0 Å². The van der Waals surface area contributed by atoms with Crippen LogP contribution in [0.5, 0.6) is 11.5 Å². The number of nitrogens with zero attached hydrogens (tertiary/aromatic N) is 4. The lowest BCUT2D eigenvalue weighted by molar-refractivity contribution is 0.399. The first-order valence-electron chi connectivity index (χ1n) is 16.5. The Kier molecular flexibility index (Phi) is 7.55. The molecule has 0 aliphatic carbocycles. The third kappa shape index (κ3) is 5.34. The minimum Gasteiger partial charge on any atom is -0.457 e. The van der Waals surface area contributed by atoms with Crippen LogP contribution >= 0.6 is 0 Å². The number of benzene rings is 6. The summed E-state index contributed by atoms with van der Waals surface area (Å²) in [6, 6.07) is 51.5. The van der Waals surface area contributed by atoms with E-state index < -0.39 is 0 Å². The summed E-state index contributed by atoms with van der Waals surface area (Å²) in [7, 11) is 0. The number of hydrogen-bond donors (Lipinski definition) is 0. The first-order valence-corrected chi connectivity index (χ1v) is 16.5. The maximum atomic E-state index is 10.00. The zero-order valence-corrected chi connectivity index (χ0v) is 27.3. The highest BCUT2D eigenvalue weighted by Gasteiger charge is 2.39. The van der Waals surface area contributed by atoms with E-state index in [0.29, 0.717) is 23.0 Å². The normalized spacial score (nSPS) is 14.6. The fourth-order valence-electron chi connectivity index (χ4n) is 6.87. The van der Waals surface area contributed by atoms with Crippen molar-refractivity contribution in [3.63, 3.8) is 0 Å². The molecule has 0 bridgehead atoms. The SMILES string of the molecule is CCC1(C)c2cc(-c3ccccc3-c3cccc(-c4nc(-c5ccccc5)nc(-c5ccccc5)n4)c3)ccc2Oc2cccc(C#N)c21. The van der Waals surface area contributed by atoms with Crippen molar-refractivity contribution in [3.8, 4) is 74.0 Å². The Balaban J connectivity index is 1.23. The summed E-state index contributed by atoms with van der Waals surface area (Å²) in [6.07, 6.45) is 0.823. The third-order valence-corrected chi connectivity index (χ3v) is 9.57. The van der Waals surface area contributed by atoms with Gasteiger partial charge in [0.2, 0.25) is 0 Å². The van der Waals surface area contributed by atoms with Gasteiger partial charge in [0.1, 0.15) is 11.5 Å². The van der Waals surface area contributed by atoms with Gasteiger partial charge < -0.3 is 4.74 Å². The number of hydrogen-bond acceptors (Lipinski definition) is 5. The highest BCUT2D eigenvalue weighted by atomic mass is 16.5. The second-order valence-corrected chi connectivity index (χ2v) is 12.5. The molecule has 49 heavy (non-hydrogen) atoms. The topological polar surface area (TPSA) is 71.7 Å². The van der Waals surface area contributed by atoms with Crippen molar-refractivity contribution in [2.45, 2.75) is 25.7 Å². The largest absolute Gasteiger partial charge is 0.457 e. The number of nitriles is 1. The Morgan fingerprint density at radius 1 is 0.551 bits per heavy atom. The van der Waals surface area contributed by atoms with Gasteiger partial charge in [-0.2, -0.15) is 5.26 Å². The van der Waals surface area contributed by atoms with E-state index in [1.165, 1.54) is 0 Å². The summed E-state index contributed by atoms with van der Waals surface area (Å²) < 4.78 is 6.40. The van der Waals surface area contributed by atoms with Gasteiger partial charge in [-0.3, -0.25) is 0 Å². The van der Waals surface area contributed by atoms with E-state index in [0.717, 1.165) is 68.0 Å². The molecule has 234 valence electrons. The van der Waals surface area contributed by atoms with Gasteiger partial charge in [0.25, 0.3) is 0 Å². The molecule has 7 aromatic rings. The Morgan fingerprint density at radius 2 is 1.08 bits per heavy atom. The van der Waals surface area contributed by atoms with Gasteiger partial charge in [0.15, 0.2) is 17.5 Å². The van der Waals surface area contributed by atoms with E-state index in [9.17, 15) is 5.26 Å². The van der Waals surface area contributed by atoms with Crippen molar-refractivity contribution in [3.05, 3.63) is 162 Å². The molecule has 0 saturated heterocycles. The van der Waals surface area contributed by atoms with Crippen LogP contribution < -0.4 is 4.74 Å². The Morgan fingerprint density at radius 3 is 1.69 bits per heavy atom. The van der Waals surface area contributed by atoms with Crippen molar-refractivity contribution >= 4 is 0 Å². The van der Waals surface area contributed by atoms with Crippen molar-refractivity contribution in [1.29, 1.82) is 5.26 Å². The lowest BCUT2D eigenvalue weighted by Gasteiger charge is -2.37. The van der Waals surface area contributed by atoms with Gasteiger partial charge in [0, 0.05) is 33.2 Å². The lowest BCUT2D eigenvalue weighted by atomic mass is 9.70. The molecule has 5 nitrogen and oxygen atoms in total. The van der Waals surface area contributed by atoms with Crippen LogP contribution in [0.25, 0.3) is 56.4 Å². The average molecular weight is 633 g/mol. The molecule has 0 fully saturated rings. The van der Waals surface area contributed by atoms with Crippen LogP contribution in [0.3, 0.4) is 0 Å². The quantitative estimate of drug-likeness (QED) is 0.182. The van der Waals surface area contributed by atoms with E-state index in [-0.39, 0.29) is 5.41 Å². The van der Waals surface area contributed by atoms with Gasteiger partial charge >= 0.3 is 0 Å². The van der Waals surface area contributed by atoms with Crippen LogP contribution in [0, 0.1) is 11.3 Å². The van der Waals surface area contributed by atoms with Crippen molar-refractivity contribution in [2.24, 2.45) is 0 Å². The molecule has 0 N–H and O–H groups in total. The maximum Gasteiger partial charge on any atom is 0.164 e. The van der Waals surface area contributed by atoms with Crippen LogP contribution in [0.2, 0.25) is 0 Å². The van der Waals surface area contributed by atoms with E-state index in [1.54, 1.807) is 0 Å². The molecule has 0 spiro atoms. The van der Waals surface area contributed by atoms with Crippen LogP contribution in [0.4, 0.5) is 0 Å². The predicted octanol–water partition coefficient (Wildman–Crippen LogP) is 10.9. The van der Waals surface area contributed by atoms with E-state index >= 15 is 0 Å². The Labute approximate surface area is 286 Å². The van der Waals surface area contributed by atoms with Crippen LogP contribution in [-0.2, 0) is 5.41 Å². The second-order valence-electron chi connectivity index (χ2n) is 12.5. The first-order chi connectivity index (χ1) is 24.1. The minimum atomic E-state index is -0.383. The second kappa shape index (κ2) is 12.3. The number of rotatable bonds is 6. The summed E-state index contributed by atoms with van der Waals surface area (Å²) in [6.45, 7) is 4.39. The van der Waals surface area contributed by atoms with E-state index in [2.05, 4.69) is 86.6 Å². The Bertz CT molecular complexity index is 2320. The zero-order chi connectivity index (χ0) is 33.4. The average Bonchev–Trinajstić information content (AvgIpc) is 3.18. The van der Waals surface area contributed by atoms with Gasteiger partial charge in [-0.05, 0) is 59.0 Å². The van der Waals surface area contributed by atoms with Gasteiger partial charge in [0.05, 0.1) is 11.6 Å². The lowest BCUT2D eigenvalue weighted by Crippen LogP contribution is -2.28. The van der Waals surface area contributed by atoms with E-state index in [4.69, 9.17) is 19.7 Å². The van der Waals surface area contributed by atoms with Gasteiger partial charge in [-0.15, -0.1) is 0 Å². The van der Waals surface area contributed by atoms with Crippen LogP contribution in [0.15, 0.2) is 146 Å². The van der Waals surface area contributed by atoms with Crippen LogP contribution in [-0.4, -0.2) is 15.0 Å². The molecule has 0 amide bonds. The molecule has 1 aromatic heterocycles. The molecule has 0 saturated carbocycles. The molecule has 0 radical (unpaired) electrons. The fourth-order valence-corrected chi connectivity index (χ4v) is 6.87. The summed E-state index contributed by atoms with van der Waals surface area (Å²) in [5, 5.41) is 10.00.